The van der Waals surface area contributed by atoms with Gasteiger partial charge in [-0.05, 0) is 24.6 Å². The zero-order chi connectivity index (χ0) is 12.2. The summed E-state index contributed by atoms with van der Waals surface area (Å²) in [5.74, 6) is -0.934. The van der Waals surface area contributed by atoms with E-state index in [-0.39, 0.29) is 0 Å². The predicted octanol–water partition coefficient (Wildman–Crippen LogP) is 2.42. The number of nitrogens with one attached hydrogen (secondary N) is 1. The van der Waals surface area contributed by atoms with Crippen molar-refractivity contribution in [2.45, 2.75) is 12.5 Å². The van der Waals surface area contributed by atoms with Crippen molar-refractivity contribution in [3.8, 4) is 0 Å². The average Bonchev–Trinajstić information content (AvgIpc) is 2.26. The molecule has 0 amide bonds. The van der Waals surface area contributed by atoms with Crippen molar-refractivity contribution in [3.05, 3.63) is 47.5 Å². The third kappa shape index (κ3) is 2.62. The molecule has 0 spiro atoms. The monoisotopic (exact) mass is 239 g/mol. The molecule has 0 saturated carbocycles. The minimum Gasteiger partial charge on any atom is -0.480 e. The number of rotatable bonds is 5. The van der Waals surface area contributed by atoms with E-state index < -0.39 is 11.5 Å². The van der Waals surface area contributed by atoms with Crippen molar-refractivity contribution >= 4 is 17.6 Å². The van der Waals surface area contributed by atoms with E-state index in [0.29, 0.717) is 17.1 Å². The summed E-state index contributed by atoms with van der Waals surface area (Å²) in [6.07, 6.45) is 1.62. The molecule has 1 aromatic carbocycles. The van der Waals surface area contributed by atoms with Gasteiger partial charge in [0.2, 0.25) is 0 Å². The SMILES string of the molecule is C=CCNC(C)(C(=O)O)c1ccc(Cl)cc1. The first-order valence-corrected chi connectivity index (χ1v) is 5.24. The fourth-order valence-corrected chi connectivity index (χ4v) is 1.49. The predicted molar refractivity (Wildman–Crippen MR) is 64.6 cm³/mol. The normalized spacial score (nSPS) is 14.1. The van der Waals surface area contributed by atoms with E-state index in [4.69, 9.17) is 11.6 Å². The Hall–Kier alpha value is -1.32. The zero-order valence-corrected chi connectivity index (χ0v) is 9.79. The van der Waals surface area contributed by atoms with Crippen molar-refractivity contribution in [1.29, 1.82) is 0 Å². The van der Waals surface area contributed by atoms with Crippen LogP contribution < -0.4 is 5.32 Å². The van der Waals surface area contributed by atoms with Crippen LogP contribution in [-0.2, 0) is 10.3 Å². The summed E-state index contributed by atoms with van der Waals surface area (Å²) < 4.78 is 0. The molecule has 0 radical (unpaired) electrons. The van der Waals surface area contributed by atoms with Gasteiger partial charge >= 0.3 is 5.97 Å². The van der Waals surface area contributed by atoms with Gasteiger partial charge in [-0.15, -0.1) is 6.58 Å². The zero-order valence-electron chi connectivity index (χ0n) is 9.03. The molecule has 4 heteroatoms. The molecule has 3 nitrogen and oxygen atoms in total. The van der Waals surface area contributed by atoms with Gasteiger partial charge in [0.15, 0.2) is 0 Å². The second-order valence-electron chi connectivity index (χ2n) is 3.61. The highest BCUT2D eigenvalue weighted by Gasteiger charge is 2.34. The van der Waals surface area contributed by atoms with E-state index in [1.54, 1.807) is 37.3 Å². The Morgan fingerprint density at radius 2 is 2.12 bits per heavy atom. The van der Waals surface area contributed by atoms with Crippen LogP contribution >= 0.6 is 11.6 Å². The third-order valence-corrected chi connectivity index (χ3v) is 2.70. The number of aliphatic carboxylic acids is 1. The first kappa shape index (κ1) is 12.7. The van der Waals surface area contributed by atoms with Gasteiger partial charge in [0.05, 0.1) is 0 Å². The molecule has 0 aliphatic carbocycles. The van der Waals surface area contributed by atoms with Crippen LogP contribution in [0.5, 0.6) is 0 Å². The average molecular weight is 240 g/mol. The molecule has 86 valence electrons. The molecule has 1 atom stereocenters. The number of carbonyl (C=O) groups is 1. The van der Waals surface area contributed by atoms with E-state index >= 15 is 0 Å². The lowest BCUT2D eigenvalue weighted by molar-refractivity contribution is -0.144. The Labute approximate surface area is 99.7 Å². The van der Waals surface area contributed by atoms with Gasteiger partial charge in [0.25, 0.3) is 0 Å². The molecular formula is C12H14ClNO2. The van der Waals surface area contributed by atoms with Gasteiger partial charge in [0.1, 0.15) is 5.54 Å². The number of hydrogen-bond donors (Lipinski definition) is 2. The number of benzene rings is 1. The summed E-state index contributed by atoms with van der Waals surface area (Å²) in [6, 6.07) is 6.75. The highest BCUT2D eigenvalue weighted by Crippen LogP contribution is 2.22. The standard InChI is InChI=1S/C12H14ClNO2/c1-3-8-14-12(2,11(15)16)9-4-6-10(13)7-5-9/h3-7,14H,1,8H2,2H3,(H,15,16). The van der Waals surface area contributed by atoms with Gasteiger partial charge in [-0.1, -0.05) is 29.8 Å². The van der Waals surface area contributed by atoms with Crippen LogP contribution in [0.2, 0.25) is 5.02 Å². The summed E-state index contributed by atoms with van der Waals surface area (Å²) in [6.45, 7) is 5.59. The first-order chi connectivity index (χ1) is 7.50. The van der Waals surface area contributed by atoms with Gasteiger partial charge in [-0.25, -0.2) is 4.79 Å². The van der Waals surface area contributed by atoms with E-state index in [9.17, 15) is 9.90 Å². The molecule has 0 aliphatic heterocycles. The molecule has 1 aromatic rings. The van der Waals surface area contributed by atoms with Gasteiger partial charge in [-0.2, -0.15) is 0 Å². The summed E-state index contributed by atoms with van der Waals surface area (Å²) in [5.41, 5.74) is -0.468. The van der Waals surface area contributed by atoms with Crippen LogP contribution in [0.25, 0.3) is 0 Å². The van der Waals surface area contributed by atoms with Gasteiger partial charge in [-0.3, -0.25) is 5.32 Å². The molecule has 0 bridgehead atoms. The highest BCUT2D eigenvalue weighted by atomic mass is 35.5. The fraction of sp³-hybridized carbons (Fsp3) is 0.250. The Morgan fingerprint density at radius 1 is 1.56 bits per heavy atom. The largest absolute Gasteiger partial charge is 0.480 e. The second-order valence-corrected chi connectivity index (χ2v) is 4.04. The summed E-state index contributed by atoms with van der Waals surface area (Å²) in [7, 11) is 0. The van der Waals surface area contributed by atoms with Crippen molar-refractivity contribution in [3.63, 3.8) is 0 Å². The van der Waals surface area contributed by atoms with Crippen LogP contribution in [0.3, 0.4) is 0 Å². The van der Waals surface area contributed by atoms with E-state index in [1.807, 2.05) is 0 Å². The maximum absolute atomic E-state index is 11.3. The molecular weight excluding hydrogens is 226 g/mol. The number of hydrogen-bond acceptors (Lipinski definition) is 2. The van der Waals surface area contributed by atoms with E-state index in [1.165, 1.54) is 0 Å². The molecule has 2 N–H and O–H groups in total. The lowest BCUT2D eigenvalue weighted by atomic mass is 9.92. The molecule has 16 heavy (non-hydrogen) atoms. The number of halogens is 1. The fourth-order valence-electron chi connectivity index (χ4n) is 1.36. The van der Waals surface area contributed by atoms with Crippen molar-refractivity contribution < 1.29 is 9.90 Å². The molecule has 1 unspecified atom stereocenters. The van der Waals surface area contributed by atoms with Gasteiger partial charge in [0, 0.05) is 11.6 Å². The van der Waals surface area contributed by atoms with Crippen molar-refractivity contribution in [2.24, 2.45) is 0 Å². The smallest absolute Gasteiger partial charge is 0.328 e. The van der Waals surface area contributed by atoms with Crippen LogP contribution in [0.1, 0.15) is 12.5 Å². The molecule has 0 saturated heterocycles. The summed E-state index contributed by atoms with van der Waals surface area (Å²) in [5, 5.41) is 12.8. The Bertz CT molecular complexity index is 389. The Kier molecular flexibility index (Phi) is 4.10. The molecule has 0 fully saturated rings. The van der Waals surface area contributed by atoms with Crippen molar-refractivity contribution in [1.82, 2.24) is 5.32 Å². The molecule has 0 aromatic heterocycles. The Morgan fingerprint density at radius 3 is 2.56 bits per heavy atom. The summed E-state index contributed by atoms with van der Waals surface area (Å²) in [4.78, 5) is 11.3. The molecule has 1 rings (SSSR count). The minimum absolute atomic E-state index is 0.422. The lowest BCUT2D eigenvalue weighted by Gasteiger charge is -2.26. The highest BCUT2D eigenvalue weighted by molar-refractivity contribution is 6.30. The number of carboxylic acid groups (broad SMARTS) is 1. The third-order valence-electron chi connectivity index (χ3n) is 2.45. The first-order valence-electron chi connectivity index (χ1n) is 4.86. The molecule has 0 heterocycles. The van der Waals surface area contributed by atoms with Gasteiger partial charge < -0.3 is 5.11 Å². The Balaban J connectivity index is 3.05. The van der Waals surface area contributed by atoms with Crippen LogP contribution in [-0.4, -0.2) is 17.6 Å². The molecule has 0 aliphatic rings. The quantitative estimate of drug-likeness (QED) is 0.776. The van der Waals surface area contributed by atoms with Crippen LogP contribution in [0.15, 0.2) is 36.9 Å². The minimum atomic E-state index is -1.13. The van der Waals surface area contributed by atoms with Crippen LogP contribution in [0.4, 0.5) is 0 Å². The summed E-state index contributed by atoms with van der Waals surface area (Å²) >= 11 is 5.76. The van der Waals surface area contributed by atoms with E-state index in [2.05, 4.69) is 11.9 Å². The maximum atomic E-state index is 11.3. The maximum Gasteiger partial charge on any atom is 0.328 e. The van der Waals surface area contributed by atoms with Crippen molar-refractivity contribution in [2.75, 3.05) is 6.54 Å². The number of carboxylic acids is 1. The lowest BCUT2D eigenvalue weighted by Crippen LogP contribution is -2.46. The van der Waals surface area contributed by atoms with E-state index in [0.717, 1.165) is 0 Å². The second kappa shape index (κ2) is 5.14. The van der Waals surface area contributed by atoms with Crippen LogP contribution in [0, 0.1) is 0 Å². The topological polar surface area (TPSA) is 49.3 Å².